The Bertz CT molecular complexity index is 387. The predicted octanol–water partition coefficient (Wildman–Crippen LogP) is 0.919. The van der Waals surface area contributed by atoms with Crippen molar-refractivity contribution in [2.24, 2.45) is 4.99 Å². The Hall–Kier alpha value is -1.97. The van der Waals surface area contributed by atoms with Gasteiger partial charge in [-0.1, -0.05) is 12.1 Å². The molecule has 1 aromatic heterocycles. The van der Waals surface area contributed by atoms with Crippen molar-refractivity contribution in [3.05, 3.63) is 46.9 Å². The number of aromatic amines is 1. The molecule has 0 unspecified atom stereocenters. The molecular formula is C10H10N2O2. The first-order valence-corrected chi connectivity index (χ1v) is 4.15. The molecule has 1 aromatic rings. The Morgan fingerprint density at radius 2 is 2.14 bits per heavy atom. The molecule has 0 aliphatic carbocycles. The van der Waals surface area contributed by atoms with Crippen molar-refractivity contribution < 1.29 is 4.79 Å². The van der Waals surface area contributed by atoms with Crippen molar-refractivity contribution in [2.75, 3.05) is 0 Å². The molecule has 2 heterocycles. The van der Waals surface area contributed by atoms with Gasteiger partial charge in [0, 0.05) is 24.9 Å². The van der Waals surface area contributed by atoms with Gasteiger partial charge in [0.25, 0.3) is 0 Å². The van der Waals surface area contributed by atoms with E-state index < -0.39 is 0 Å². The molecule has 0 fully saturated rings. The van der Waals surface area contributed by atoms with E-state index in [4.69, 9.17) is 0 Å². The molecule has 0 aromatic carbocycles. The van der Waals surface area contributed by atoms with Gasteiger partial charge < -0.3 is 4.98 Å². The highest BCUT2D eigenvalue weighted by Crippen LogP contribution is 1.90. The SMILES string of the molecule is O=C1CC=CC=N1.O=c1cccc[nH]1. The monoisotopic (exact) mass is 190 g/mol. The smallest absolute Gasteiger partial charge is 0.249 e. The number of carbonyl (C=O) groups excluding carboxylic acids is 1. The maximum Gasteiger partial charge on any atom is 0.249 e. The molecule has 4 heteroatoms. The number of rotatable bonds is 0. The van der Waals surface area contributed by atoms with Crippen molar-refractivity contribution in [2.45, 2.75) is 6.42 Å². The van der Waals surface area contributed by atoms with Crippen LogP contribution in [-0.2, 0) is 4.79 Å². The number of hydrogen-bond donors (Lipinski definition) is 1. The summed E-state index contributed by atoms with van der Waals surface area (Å²) in [4.78, 5) is 26.4. The second-order valence-electron chi connectivity index (χ2n) is 2.53. The number of nitrogens with one attached hydrogen (secondary N) is 1. The molecule has 1 N–H and O–H groups in total. The normalized spacial score (nSPS) is 13.3. The highest BCUT2D eigenvalue weighted by molar-refractivity contribution is 5.92. The standard InChI is InChI=1S/2C5H5NO/c2*7-5-3-1-2-4-6-5/h1-2,4H,3H2;1-4H,(H,6,7). The first-order valence-electron chi connectivity index (χ1n) is 4.15. The summed E-state index contributed by atoms with van der Waals surface area (Å²) in [5, 5.41) is 0. The Labute approximate surface area is 81.0 Å². The Kier molecular flexibility index (Phi) is 4.07. The third-order valence-corrected chi connectivity index (χ3v) is 1.41. The van der Waals surface area contributed by atoms with Crippen LogP contribution in [0.4, 0.5) is 0 Å². The molecule has 0 saturated carbocycles. The minimum atomic E-state index is -0.0532. The van der Waals surface area contributed by atoms with E-state index in [1.165, 1.54) is 12.3 Å². The molecule has 0 bridgehead atoms. The minimum absolute atomic E-state index is 0.0532. The number of H-pyrrole nitrogens is 1. The van der Waals surface area contributed by atoms with Gasteiger partial charge in [0.05, 0.1) is 0 Å². The number of hydrogen-bond acceptors (Lipinski definition) is 2. The lowest BCUT2D eigenvalue weighted by molar-refractivity contribution is -0.117. The number of aliphatic imine (C=N–C) groups is 1. The van der Waals surface area contributed by atoms with Gasteiger partial charge in [-0.05, 0) is 12.1 Å². The summed E-state index contributed by atoms with van der Waals surface area (Å²) in [5.74, 6) is -0.0532. The van der Waals surface area contributed by atoms with Gasteiger partial charge in [-0.25, -0.2) is 4.99 Å². The van der Waals surface area contributed by atoms with Crippen molar-refractivity contribution in [1.29, 1.82) is 0 Å². The highest BCUT2D eigenvalue weighted by atomic mass is 16.1. The van der Waals surface area contributed by atoms with Gasteiger partial charge in [-0.3, -0.25) is 9.59 Å². The van der Waals surface area contributed by atoms with E-state index in [1.54, 1.807) is 30.5 Å². The van der Waals surface area contributed by atoms with Crippen LogP contribution in [0.15, 0.2) is 46.3 Å². The number of carbonyl (C=O) groups is 1. The summed E-state index contributed by atoms with van der Waals surface area (Å²) < 4.78 is 0. The predicted molar refractivity (Wildman–Crippen MR) is 54.3 cm³/mol. The van der Waals surface area contributed by atoms with Crippen LogP contribution in [0.5, 0.6) is 0 Å². The van der Waals surface area contributed by atoms with E-state index in [0.717, 1.165) is 0 Å². The fraction of sp³-hybridized carbons (Fsp3) is 0.100. The third kappa shape index (κ3) is 4.15. The van der Waals surface area contributed by atoms with Gasteiger partial charge in [-0.15, -0.1) is 0 Å². The van der Waals surface area contributed by atoms with Gasteiger partial charge in [-0.2, -0.15) is 0 Å². The van der Waals surface area contributed by atoms with Crippen molar-refractivity contribution in [3.8, 4) is 0 Å². The van der Waals surface area contributed by atoms with E-state index >= 15 is 0 Å². The first kappa shape index (κ1) is 10.1. The molecule has 4 nitrogen and oxygen atoms in total. The number of allylic oxidation sites excluding steroid dienone is 1. The lowest BCUT2D eigenvalue weighted by atomic mass is 10.3. The fourth-order valence-corrected chi connectivity index (χ4v) is 0.785. The number of dihydropyridines is 1. The number of amides is 1. The van der Waals surface area contributed by atoms with E-state index in [2.05, 4.69) is 9.98 Å². The van der Waals surface area contributed by atoms with Gasteiger partial charge in [0.1, 0.15) is 0 Å². The van der Waals surface area contributed by atoms with Crippen LogP contribution in [0.1, 0.15) is 6.42 Å². The molecule has 0 radical (unpaired) electrons. The topological polar surface area (TPSA) is 62.3 Å². The summed E-state index contributed by atoms with van der Waals surface area (Å²) in [5.41, 5.74) is -0.0532. The highest BCUT2D eigenvalue weighted by Gasteiger charge is 1.93. The van der Waals surface area contributed by atoms with Crippen molar-refractivity contribution in [1.82, 2.24) is 4.98 Å². The Balaban J connectivity index is 0.000000140. The number of aromatic nitrogens is 1. The zero-order valence-corrected chi connectivity index (χ0v) is 7.51. The van der Waals surface area contributed by atoms with Crippen LogP contribution in [-0.4, -0.2) is 17.1 Å². The van der Waals surface area contributed by atoms with E-state index in [0.29, 0.717) is 6.42 Å². The zero-order chi connectivity index (χ0) is 10.2. The molecular weight excluding hydrogens is 180 g/mol. The second kappa shape index (κ2) is 5.64. The molecule has 1 amide bonds. The summed E-state index contributed by atoms with van der Waals surface area (Å²) in [6, 6.07) is 4.93. The van der Waals surface area contributed by atoms with Gasteiger partial charge in [0.2, 0.25) is 11.5 Å². The van der Waals surface area contributed by atoms with Crippen LogP contribution in [0, 0.1) is 0 Å². The van der Waals surface area contributed by atoms with Crippen LogP contribution < -0.4 is 5.56 Å². The third-order valence-electron chi connectivity index (χ3n) is 1.41. The summed E-state index contributed by atoms with van der Waals surface area (Å²) in [7, 11) is 0. The molecule has 1 aliphatic heterocycles. The van der Waals surface area contributed by atoms with E-state index in [9.17, 15) is 9.59 Å². The van der Waals surface area contributed by atoms with E-state index in [1.807, 2.05) is 0 Å². The molecule has 14 heavy (non-hydrogen) atoms. The van der Waals surface area contributed by atoms with Crippen LogP contribution in [0.25, 0.3) is 0 Å². The minimum Gasteiger partial charge on any atom is -0.329 e. The molecule has 1 aliphatic rings. The van der Waals surface area contributed by atoms with Crippen LogP contribution >= 0.6 is 0 Å². The van der Waals surface area contributed by atoms with Gasteiger partial charge in [0.15, 0.2) is 0 Å². The molecule has 0 saturated heterocycles. The Morgan fingerprint density at radius 3 is 2.43 bits per heavy atom. The summed E-state index contributed by atoms with van der Waals surface area (Å²) >= 11 is 0. The lowest BCUT2D eigenvalue weighted by Crippen LogP contribution is -1.98. The van der Waals surface area contributed by atoms with Gasteiger partial charge >= 0.3 is 0 Å². The van der Waals surface area contributed by atoms with Crippen molar-refractivity contribution >= 4 is 12.1 Å². The molecule has 0 spiro atoms. The van der Waals surface area contributed by atoms with Crippen molar-refractivity contribution in [3.63, 3.8) is 0 Å². The quantitative estimate of drug-likeness (QED) is 0.661. The number of nitrogens with zero attached hydrogens (tertiary/aromatic N) is 1. The second-order valence-corrected chi connectivity index (χ2v) is 2.53. The lowest BCUT2D eigenvalue weighted by Gasteiger charge is -1.88. The fourth-order valence-electron chi connectivity index (χ4n) is 0.785. The maximum atomic E-state index is 10.2. The molecule has 2 rings (SSSR count). The van der Waals surface area contributed by atoms with E-state index in [-0.39, 0.29) is 11.5 Å². The Morgan fingerprint density at radius 1 is 1.29 bits per heavy atom. The average molecular weight is 190 g/mol. The molecule has 0 atom stereocenters. The summed E-state index contributed by atoms with van der Waals surface area (Å²) in [6.07, 6.45) is 7.13. The molecule has 72 valence electrons. The maximum absolute atomic E-state index is 10.2. The first-order chi connectivity index (χ1) is 6.79. The summed E-state index contributed by atoms with van der Waals surface area (Å²) in [6.45, 7) is 0. The largest absolute Gasteiger partial charge is 0.329 e. The zero-order valence-electron chi connectivity index (χ0n) is 7.51. The number of pyridine rings is 1. The van der Waals surface area contributed by atoms with Crippen LogP contribution in [0.3, 0.4) is 0 Å². The van der Waals surface area contributed by atoms with Crippen LogP contribution in [0.2, 0.25) is 0 Å². The average Bonchev–Trinajstić information content (AvgIpc) is 2.21.